The maximum atomic E-state index is 11.8. The normalized spacial score (nSPS) is 26.9. The van der Waals surface area contributed by atoms with Crippen LogP contribution in [0.4, 0.5) is 13.2 Å². The molecular formula is C10H16ClF3N2O3. The van der Waals surface area contributed by atoms with Crippen LogP contribution in [-0.4, -0.2) is 50.2 Å². The fourth-order valence-electron chi connectivity index (χ4n) is 1.79. The lowest BCUT2D eigenvalue weighted by Crippen LogP contribution is -2.57. The molecule has 2 fully saturated rings. The predicted molar refractivity (Wildman–Crippen MR) is 62.0 cm³/mol. The number of halogens is 4. The van der Waals surface area contributed by atoms with E-state index in [1.165, 1.54) is 0 Å². The first-order valence-corrected chi connectivity index (χ1v) is 5.78. The molecule has 1 aliphatic heterocycles. The molecule has 112 valence electrons. The minimum atomic E-state index is -4.59. The number of carbonyl (C=O) groups excluding carboxylic acids is 1. The quantitative estimate of drug-likeness (QED) is 0.780. The third-order valence-corrected chi connectivity index (χ3v) is 2.95. The number of ether oxygens (including phenoxy) is 2. The summed E-state index contributed by atoms with van der Waals surface area (Å²) in [5.41, 5.74) is 0. The van der Waals surface area contributed by atoms with Crippen molar-refractivity contribution in [1.29, 1.82) is 0 Å². The number of hydrogen-bond acceptors (Lipinski definition) is 4. The fraction of sp³-hybridized carbons (Fsp3) is 0.900. The number of rotatable bonds is 5. The number of carbonyl (C=O) groups is 1. The van der Waals surface area contributed by atoms with Crippen LogP contribution in [0.1, 0.15) is 12.8 Å². The van der Waals surface area contributed by atoms with Crippen LogP contribution >= 0.6 is 12.4 Å². The molecule has 2 N–H and O–H groups in total. The highest BCUT2D eigenvalue weighted by Gasteiger charge is 2.40. The molecule has 1 aliphatic carbocycles. The third-order valence-electron chi connectivity index (χ3n) is 2.95. The van der Waals surface area contributed by atoms with Crippen molar-refractivity contribution in [2.75, 3.05) is 19.7 Å². The Balaban J connectivity index is 0.00000180. The van der Waals surface area contributed by atoms with E-state index in [9.17, 15) is 18.0 Å². The van der Waals surface area contributed by atoms with Gasteiger partial charge in [-0.1, -0.05) is 0 Å². The number of hydrogen-bond donors (Lipinski definition) is 2. The van der Waals surface area contributed by atoms with Gasteiger partial charge in [0.15, 0.2) is 0 Å². The number of nitrogens with one attached hydrogen (secondary N) is 2. The van der Waals surface area contributed by atoms with E-state index < -0.39 is 12.5 Å². The van der Waals surface area contributed by atoms with Crippen molar-refractivity contribution in [3.05, 3.63) is 0 Å². The monoisotopic (exact) mass is 304 g/mol. The fourth-order valence-corrected chi connectivity index (χ4v) is 1.79. The average molecular weight is 305 g/mol. The average Bonchev–Trinajstić information content (AvgIpc) is 2.13. The molecule has 0 aromatic carbocycles. The predicted octanol–water partition coefficient (Wildman–Crippen LogP) is 0.580. The van der Waals surface area contributed by atoms with Gasteiger partial charge in [0, 0.05) is 25.9 Å². The minimum Gasteiger partial charge on any atom is -0.368 e. The molecule has 9 heteroatoms. The summed E-state index contributed by atoms with van der Waals surface area (Å²) in [5, 5.41) is 5.73. The van der Waals surface area contributed by atoms with Gasteiger partial charge in [0.25, 0.3) is 0 Å². The van der Waals surface area contributed by atoms with E-state index in [0.29, 0.717) is 0 Å². The van der Waals surface area contributed by atoms with Gasteiger partial charge in [-0.05, 0) is 0 Å². The largest absolute Gasteiger partial charge is 0.522 e. The van der Waals surface area contributed by atoms with Gasteiger partial charge < -0.3 is 15.4 Å². The van der Waals surface area contributed by atoms with Crippen LogP contribution in [0, 0.1) is 0 Å². The first kappa shape index (κ1) is 16.5. The summed E-state index contributed by atoms with van der Waals surface area (Å²) in [4.78, 5) is 11.3. The molecule has 0 aromatic rings. The number of amides is 1. The van der Waals surface area contributed by atoms with Crippen LogP contribution in [0.25, 0.3) is 0 Å². The Labute approximate surface area is 114 Å². The molecule has 0 unspecified atom stereocenters. The Morgan fingerprint density at radius 2 is 1.89 bits per heavy atom. The van der Waals surface area contributed by atoms with Crippen molar-refractivity contribution in [3.8, 4) is 0 Å². The first-order valence-electron chi connectivity index (χ1n) is 5.78. The molecule has 1 saturated carbocycles. The maximum Gasteiger partial charge on any atom is 0.522 e. The van der Waals surface area contributed by atoms with Crippen LogP contribution in [-0.2, 0) is 14.3 Å². The van der Waals surface area contributed by atoms with Gasteiger partial charge in [0.1, 0.15) is 6.61 Å². The van der Waals surface area contributed by atoms with E-state index in [0.717, 1.165) is 13.1 Å². The molecule has 2 rings (SSSR count). The van der Waals surface area contributed by atoms with E-state index >= 15 is 0 Å². The molecule has 1 amide bonds. The summed E-state index contributed by atoms with van der Waals surface area (Å²) in [6.45, 7) is 1.38. The van der Waals surface area contributed by atoms with Crippen molar-refractivity contribution in [2.24, 2.45) is 0 Å². The van der Waals surface area contributed by atoms with Gasteiger partial charge in [0.2, 0.25) is 5.91 Å². The molecule has 19 heavy (non-hydrogen) atoms. The molecule has 0 radical (unpaired) electrons. The van der Waals surface area contributed by atoms with Crippen LogP contribution in [0.3, 0.4) is 0 Å². The SMILES string of the molecule is Cl.O=C(COC1CC(OC(F)(F)F)C1)NC1CNC1. The highest BCUT2D eigenvalue weighted by Crippen LogP contribution is 2.31. The summed E-state index contributed by atoms with van der Waals surface area (Å²) < 4.78 is 44.5. The van der Waals surface area contributed by atoms with Crippen LogP contribution in [0.15, 0.2) is 0 Å². The summed E-state index contributed by atoms with van der Waals surface area (Å²) in [5.74, 6) is -0.235. The zero-order valence-electron chi connectivity index (χ0n) is 10.0. The number of alkyl halides is 3. The highest BCUT2D eigenvalue weighted by molar-refractivity contribution is 5.85. The Morgan fingerprint density at radius 1 is 1.26 bits per heavy atom. The topological polar surface area (TPSA) is 59.6 Å². The van der Waals surface area contributed by atoms with Crippen molar-refractivity contribution in [1.82, 2.24) is 10.6 Å². The van der Waals surface area contributed by atoms with Crippen LogP contribution < -0.4 is 10.6 Å². The molecule has 0 bridgehead atoms. The van der Waals surface area contributed by atoms with Crippen molar-refractivity contribution in [3.63, 3.8) is 0 Å². The molecule has 1 heterocycles. The Kier molecular flexibility index (Phi) is 5.84. The van der Waals surface area contributed by atoms with Gasteiger partial charge in [-0.2, -0.15) is 0 Å². The van der Waals surface area contributed by atoms with E-state index in [-0.39, 0.29) is 49.9 Å². The summed E-state index contributed by atoms with van der Waals surface area (Å²) in [6.07, 6.45) is -5.39. The van der Waals surface area contributed by atoms with E-state index in [1.54, 1.807) is 0 Å². The molecule has 2 aliphatic rings. The Bertz CT molecular complexity index is 307. The maximum absolute atomic E-state index is 11.8. The van der Waals surface area contributed by atoms with Gasteiger partial charge >= 0.3 is 6.36 Å². The Hall–Kier alpha value is -0.570. The third kappa shape index (κ3) is 5.52. The second kappa shape index (κ2) is 6.74. The van der Waals surface area contributed by atoms with E-state index in [1.807, 2.05) is 0 Å². The lowest BCUT2D eigenvalue weighted by molar-refractivity contribution is -0.357. The molecule has 1 saturated heterocycles. The minimum absolute atomic E-state index is 0. The summed E-state index contributed by atoms with van der Waals surface area (Å²) in [7, 11) is 0. The van der Waals surface area contributed by atoms with Crippen molar-refractivity contribution < 1.29 is 27.4 Å². The summed E-state index contributed by atoms with van der Waals surface area (Å²) in [6, 6.07) is 0.142. The lowest BCUT2D eigenvalue weighted by atomic mass is 9.92. The molecular weight excluding hydrogens is 289 g/mol. The zero-order valence-corrected chi connectivity index (χ0v) is 10.9. The van der Waals surface area contributed by atoms with Crippen LogP contribution in [0.5, 0.6) is 0 Å². The smallest absolute Gasteiger partial charge is 0.368 e. The van der Waals surface area contributed by atoms with Gasteiger partial charge in [-0.25, -0.2) is 0 Å². The zero-order chi connectivity index (χ0) is 13.2. The van der Waals surface area contributed by atoms with Gasteiger partial charge in [-0.15, -0.1) is 25.6 Å². The molecule has 0 spiro atoms. The molecule has 5 nitrogen and oxygen atoms in total. The van der Waals surface area contributed by atoms with Gasteiger partial charge in [0.05, 0.1) is 18.2 Å². The molecule has 0 atom stereocenters. The standard InChI is InChI=1S/C10H15F3N2O3.ClH/c11-10(12,13)18-8-1-7(2-8)17-5-9(16)15-6-3-14-4-6;/h6-8,14H,1-5H2,(H,15,16);1H. The van der Waals surface area contributed by atoms with Crippen molar-refractivity contribution in [2.45, 2.75) is 37.5 Å². The molecule has 0 aromatic heterocycles. The lowest BCUT2D eigenvalue weighted by Gasteiger charge is -2.35. The second-order valence-electron chi connectivity index (χ2n) is 4.51. The van der Waals surface area contributed by atoms with E-state index in [4.69, 9.17) is 4.74 Å². The summed E-state index contributed by atoms with van der Waals surface area (Å²) >= 11 is 0. The Morgan fingerprint density at radius 3 is 2.37 bits per heavy atom. The van der Waals surface area contributed by atoms with E-state index in [2.05, 4.69) is 15.4 Å². The first-order chi connectivity index (χ1) is 8.42. The van der Waals surface area contributed by atoms with Gasteiger partial charge in [-0.3, -0.25) is 9.53 Å². The second-order valence-corrected chi connectivity index (χ2v) is 4.51. The van der Waals surface area contributed by atoms with Crippen LogP contribution in [0.2, 0.25) is 0 Å². The van der Waals surface area contributed by atoms with Crippen molar-refractivity contribution >= 4 is 18.3 Å². The highest BCUT2D eigenvalue weighted by atomic mass is 35.5.